The minimum Gasteiger partial charge on any atom is -0.327 e. The molecule has 1 aromatic rings. The van der Waals surface area contributed by atoms with Crippen LogP contribution in [0.2, 0.25) is 0 Å². The minimum atomic E-state index is -0.0264. The van der Waals surface area contributed by atoms with E-state index in [9.17, 15) is 4.79 Å². The van der Waals surface area contributed by atoms with Crippen LogP contribution in [0.3, 0.4) is 0 Å². The molecule has 0 amide bonds. The van der Waals surface area contributed by atoms with E-state index in [-0.39, 0.29) is 11.8 Å². The molecule has 0 saturated carbocycles. The maximum absolute atomic E-state index is 11.7. The van der Waals surface area contributed by atoms with Gasteiger partial charge in [-0.2, -0.15) is 0 Å². The van der Waals surface area contributed by atoms with Gasteiger partial charge < -0.3 is 5.73 Å². The Balaban J connectivity index is 2.70. The summed E-state index contributed by atoms with van der Waals surface area (Å²) < 4.78 is 0.924. The Labute approximate surface area is 92.6 Å². The molecule has 0 fully saturated rings. The highest BCUT2D eigenvalue weighted by atomic mass is 79.9. The van der Waals surface area contributed by atoms with Gasteiger partial charge in [0.2, 0.25) is 0 Å². The summed E-state index contributed by atoms with van der Waals surface area (Å²) in [6, 6.07) is 7.37. The van der Waals surface area contributed by atoms with Gasteiger partial charge in [-0.1, -0.05) is 35.0 Å². The monoisotopic (exact) mass is 255 g/mol. The molecule has 1 aromatic carbocycles. The van der Waals surface area contributed by atoms with E-state index < -0.39 is 0 Å². The van der Waals surface area contributed by atoms with E-state index in [1.165, 1.54) is 0 Å². The summed E-state index contributed by atoms with van der Waals surface area (Å²) in [7, 11) is 0. The topological polar surface area (TPSA) is 43.1 Å². The van der Waals surface area contributed by atoms with Crippen LogP contribution in [0, 0.1) is 0 Å². The second-order valence-corrected chi connectivity index (χ2v) is 4.22. The Morgan fingerprint density at radius 3 is 2.86 bits per heavy atom. The molecule has 0 aromatic heterocycles. The number of carbonyl (C=O) groups is 1. The SMILES string of the molecule is CCC(N)CC(=O)c1cccc(Br)c1. The number of rotatable bonds is 4. The highest BCUT2D eigenvalue weighted by Gasteiger charge is 2.09. The van der Waals surface area contributed by atoms with Crippen molar-refractivity contribution in [2.75, 3.05) is 0 Å². The van der Waals surface area contributed by atoms with Gasteiger partial charge >= 0.3 is 0 Å². The molecule has 2 N–H and O–H groups in total. The van der Waals surface area contributed by atoms with E-state index in [2.05, 4.69) is 15.9 Å². The fourth-order valence-corrected chi connectivity index (χ4v) is 1.56. The molecular formula is C11H14BrNO. The van der Waals surface area contributed by atoms with Crippen LogP contribution in [0.15, 0.2) is 28.7 Å². The number of Topliss-reactive ketones (excluding diaryl/α,β-unsaturated/α-hetero) is 1. The average Bonchev–Trinajstić information content (AvgIpc) is 2.17. The number of hydrogen-bond donors (Lipinski definition) is 1. The molecule has 14 heavy (non-hydrogen) atoms. The van der Waals surface area contributed by atoms with E-state index in [4.69, 9.17) is 5.73 Å². The number of halogens is 1. The first kappa shape index (κ1) is 11.4. The molecule has 0 spiro atoms. The first-order chi connectivity index (χ1) is 6.63. The second kappa shape index (κ2) is 5.27. The number of hydrogen-bond acceptors (Lipinski definition) is 2. The first-order valence-electron chi connectivity index (χ1n) is 4.67. The van der Waals surface area contributed by atoms with Crippen LogP contribution in [0.25, 0.3) is 0 Å². The predicted octanol–water partition coefficient (Wildman–Crippen LogP) is 2.76. The smallest absolute Gasteiger partial charge is 0.164 e. The van der Waals surface area contributed by atoms with Crippen molar-refractivity contribution in [1.29, 1.82) is 0 Å². The normalized spacial score (nSPS) is 12.5. The van der Waals surface area contributed by atoms with Gasteiger partial charge in [0.15, 0.2) is 5.78 Å². The summed E-state index contributed by atoms with van der Waals surface area (Å²) in [5.74, 6) is 0.112. The Morgan fingerprint density at radius 1 is 1.57 bits per heavy atom. The van der Waals surface area contributed by atoms with Crippen molar-refractivity contribution in [3.05, 3.63) is 34.3 Å². The number of nitrogens with two attached hydrogens (primary N) is 1. The molecule has 0 aliphatic rings. The average molecular weight is 256 g/mol. The van der Waals surface area contributed by atoms with E-state index >= 15 is 0 Å². The maximum atomic E-state index is 11.7. The van der Waals surface area contributed by atoms with Crippen molar-refractivity contribution >= 4 is 21.7 Å². The van der Waals surface area contributed by atoms with Gasteiger partial charge in [0.05, 0.1) is 0 Å². The van der Waals surface area contributed by atoms with Crippen LogP contribution in [-0.2, 0) is 0 Å². The summed E-state index contributed by atoms with van der Waals surface area (Å²) in [4.78, 5) is 11.7. The van der Waals surface area contributed by atoms with Crippen molar-refractivity contribution in [1.82, 2.24) is 0 Å². The molecule has 0 bridgehead atoms. The van der Waals surface area contributed by atoms with Crippen LogP contribution in [-0.4, -0.2) is 11.8 Å². The van der Waals surface area contributed by atoms with Crippen LogP contribution in [0.4, 0.5) is 0 Å². The van der Waals surface area contributed by atoms with Crippen molar-refractivity contribution in [3.63, 3.8) is 0 Å². The van der Waals surface area contributed by atoms with Crippen LogP contribution in [0.5, 0.6) is 0 Å². The summed E-state index contributed by atoms with van der Waals surface area (Å²) >= 11 is 3.33. The Morgan fingerprint density at radius 2 is 2.29 bits per heavy atom. The number of carbonyl (C=O) groups excluding carboxylic acids is 1. The van der Waals surface area contributed by atoms with E-state index in [1.807, 2.05) is 31.2 Å². The molecule has 0 saturated heterocycles. The molecule has 0 aliphatic heterocycles. The summed E-state index contributed by atoms with van der Waals surface area (Å²) in [6.45, 7) is 1.98. The van der Waals surface area contributed by atoms with Gasteiger partial charge in [-0.05, 0) is 18.6 Å². The lowest BCUT2D eigenvalue weighted by Gasteiger charge is -2.07. The third kappa shape index (κ3) is 3.24. The lowest BCUT2D eigenvalue weighted by molar-refractivity contribution is 0.0974. The molecule has 1 rings (SSSR count). The van der Waals surface area contributed by atoms with Crippen molar-refractivity contribution in [3.8, 4) is 0 Å². The zero-order valence-corrected chi connectivity index (χ0v) is 9.75. The molecule has 1 unspecified atom stereocenters. The van der Waals surface area contributed by atoms with E-state index in [1.54, 1.807) is 0 Å². The van der Waals surface area contributed by atoms with E-state index in [0.717, 1.165) is 16.5 Å². The zero-order valence-electron chi connectivity index (χ0n) is 8.16. The van der Waals surface area contributed by atoms with Crippen molar-refractivity contribution in [2.24, 2.45) is 5.73 Å². The number of ketones is 1. The lowest BCUT2D eigenvalue weighted by atomic mass is 10.0. The largest absolute Gasteiger partial charge is 0.327 e. The highest BCUT2D eigenvalue weighted by Crippen LogP contribution is 2.13. The second-order valence-electron chi connectivity index (χ2n) is 3.31. The van der Waals surface area contributed by atoms with Crippen LogP contribution >= 0.6 is 15.9 Å². The standard InChI is InChI=1S/C11H14BrNO/c1-2-10(13)7-11(14)8-4-3-5-9(12)6-8/h3-6,10H,2,7,13H2,1H3. The predicted molar refractivity (Wildman–Crippen MR) is 61.4 cm³/mol. The van der Waals surface area contributed by atoms with Crippen molar-refractivity contribution in [2.45, 2.75) is 25.8 Å². The fraction of sp³-hybridized carbons (Fsp3) is 0.364. The molecule has 0 aliphatic carbocycles. The molecule has 0 heterocycles. The van der Waals surface area contributed by atoms with Gasteiger partial charge in [0.1, 0.15) is 0 Å². The summed E-state index contributed by atoms with van der Waals surface area (Å²) in [5, 5.41) is 0. The summed E-state index contributed by atoms with van der Waals surface area (Å²) in [6.07, 6.45) is 1.26. The van der Waals surface area contributed by atoms with Gasteiger partial charge in [-0.3, -0.25) is 4.79 Å². The van der Waals surface area contributed by atoms with Gasteiger partial charge in [0, 0.05) is 22.5 Å². The quantitative estimate of drug-likeness (QED) is 0.842. The third-order valence-electron chi connectivity index (χ3n) is 2.12. The lowest BCUT2D eigenvalue weighted by Crippen LogP contribution is -2.22. The van der Waals surface area contributed by atoms with Gasteiger partial charge in [-0.25, -0.2) is 0 Å². The maximum Gasteiger partial charge on any atom is 0.164 e. The summed E-state index contributed by atoms with van der Waals surface area (Å²) in [5.41, 5.74) is 6.44. The van der Waals surface area contributed by atoms with Crippen LogP contribution < -0.4 is 5.73 Å². The Kier molecular flexibility index (Phi) is 4.29. The third-order valence-corrected chi connectivity index (χ3v) is 2.61. The molecule has 76 valence electrons. The molecule has 0 radical (unpaired) electrons. The van der Waals surface area contributed by atoms with Gasteiger partial charge in [-0.15, -0.1) is 0 Å². The minimum absolute atomic E-state index is 0.0264. The molecular weight excluding hydrogens is 242 g/mol. The van der Waals surface area contributed by atoms with E-state index in [0.29, 0.717) is 6.42 Å². The van der Waals surface area contributed by atoms with Gasteiger partial charge in [0.25, 0.3) is 0 Å². The fourth-order valence-electron chi connectivity index (χ4n) is 1.16. The Hall–Kier alpha value is -0.670. The first-order valence-corrected chi connectivity index (χ1v) is 5.47. The molecule has 3 heteroatoms. The van der Waals surface area contributed by atoms with Crippen LogP contribution in [0.1, 0.15) is 30.1 Å². The molecule has 1 atom stereocenters. The van der Waals surface area contributed by atoms with Crippen molar-refractivity contribution < 1.29 is 4.79 Å². The zero-order chi connectivity index (χ0) is 10.6. The number of benzene rings is 1. The Bertz CT molecular complexity index is 325. The molecule has 2 nitrogen and oxygen atoms in total. The highest BCUT2D eigenvalue weighted by molar-refractivity contribution is 9.10.